The third-order valence-electron chi connectivity index (χ3n) is 2.62. The Kier molecular flexibility index (Phi) is 3.93. The second kappa shape index (κ2) is 5.32. The summed E-state index contributed by atoms with van der Waals surface area (Å²) in [5.41, 5.74) is 1.30. The van der Waals surface area contributed by atoms with Gasteiger partial charge in [0, 0.05) is 20.6 Å². The van der Waals surface area contributed by atoms with Crippen LogP contribution in [0.3, 0.4) is 0 Å². The second-order valence-electron chi connectivity index (χ2n) is 5.29. The van der Waals surface area contributed by atoms with Crippen LogP contribution < -0.4 is 5.32 Å². The van der Waals surface area contributed by atoms with Gasteiger partial charge in [0.2, 0.25) is 5.88 Å². The molecule has 2 rings (SSSR count). The predicted octanol–water partition coefficient (Wildman–Crippen LogP) is 3.83. The SMILES string of the molecule is CC(C)(C)c1cc(NC(=O)c2ccc(I)cc2)on1. The van der Waals surface area contributed by atoms with Crippen molar-refractivity contribution in [1.29, 1.82) is 0 Å². The molecule has 0 atom stereocenters. The van der Waals surface area contributed by atoms with Gasteiger partial charge in [0.25, 0.3) is 5.91 Å². The zero-order valence-electron chi connectivity index (χ0n) is 11.0. The number of hydrogen-bond donors (Lipinski definition) is 1. The van der Waals surface area contributed by atoms with Crippen molar-refractivity contribution in [3.05, 3.63) is 45.2 Å². The molecule has 0 fully saturated rings. The van der Waals surface area contributed by atoms with Crippen LogP contribution in [0.4, 0.5) is 5.88 Å². The van der Waals surface area contributed by atoms with Gasteiger partial charge < -0.3 is 4.52 Å². The number of aromatic nitrogens is 1. The van der Waals surface area contributed by atoms with E-state index in [1.165, 1.54) is 0 Å². The fourth-order valence-corrected chi connectivity index (χ4v) is 1.83. The average Bonchev–Trinajstić information content (AvgIpc) is 2.78. The third kappa shape index (κ3) is 3.56. The molecule has 1 heterocycles. The van der Waals surface area contributed by atoms with Gasteiger partial charge in [-0.3, -0.25) is 10.1 Å². The largest absolute Gasteiger partial charge is 0.338 e. The third-order valence-corrected chi connectivity index (χ3v) is 3.34. The van der Waals surface area contributed by atoms with Gasteiger partial charge in [0.1, 0.15) is 0 Å². The molecule has 1 aromatic heterocycles. The molecule has 0 aliphatic rings. The Hall–Kier alpha value is -1.37. The highest BCUT2D eigenvalue weighted by Gasteiger charge is 2.19. The lowest BCUT2D eigenvalue weighted by molar-refractivity contribution is 0.102. The van der Waals surface area contributed by atoms with E-state index in [1.807, 2.05) is 32.9 Å². The van der Waals surface area contributed by atoms with Crippen molar-refractivity contribution in [1.82, 2.24) is 5.16 Å². The molecule has 0 spiro atoms. The number of halogens is 1. The molecule has 4 nitrogen and oxygen atoms in total. The summed E-state index contributed by atoms with van der Waals surface area (Å²) in [7, 11) is 0. The van der Waals surface area contributed by atoms with Gasteiger partial charge in [-0.15, -0.1) is 0 Å². The maximum atomic E-state index is 12.0. The zero-order valence-corrected chi connectivity index (χ0v) is 13.2. The maximum Gasteiger partial charge on any atom is 0.258 e. The van der Waals surface area contributed by atoms with Crippen LogP contribution in [0, 0.1) is 3.57 Å². The number of nitrogens with one attached hydrogen (secondary N) is 1. The Labute approximate surface area is 125 Å². The molecule has 0 aliphatic heterocycles. The van der Waals surface area contributed by atoms with Crippen molar-refractivity contribution in [2.24, 2.45) is 0 Å². The Balaban J connectivity index is 2.11. The van der Waals surface area contributed by atoms with E-state index in [0.29, 0.717) is 11.4 Å². The van der Waals surface area contributed by atoms with Crippen LogP contribution in [0.25, 0.3) is 0 Å². The summed E-state index contributed by atoms with van der Waals surface area (Å²) in [6.07, 6.45) is 0. The van der Waals surface area contributed by atoms with E-state index in [2.05, 4.69) is 33.1 Å². The number of nitrogens with zero attached hydrogens (tertiary/aromatic N) is 1. The minimum atomic E-state index is -0.201. The molecule has 1 aromatic carbocycles. The van der Waals surface area contributed by atoms with E-state index in [4.69, 9.17) is 4.52 Å². The first kappa shape index (κ1) is 14.0. The van der Waals surface area contributed by atoms with Crippen LogP contribution in [0.5, 0.6) is 0 Å². The first-order valence-corrected chi connectivity index (χ1v) is 6.98. The Morgan fingerprint density at radius 2 is 1.89 bits per heavy atom. The summed E-state index contributed by atoms with van der Waals surface area (Å²) in [5.74, 6) is 0.168. The van der Waals surface area contributed by atoms with E-state index in [1.54, 1.807) is 18.2 Å². The van der Waals surface area contributed by atoms with E-state index >= 15 is 0 Å². The van der Waals surface area contributed by atoms with Gasteiger partial charge in [-0.2, -0.15) is 0 Å². The molecular weight excluding hydrogens is 355 g/mol. The molecule has 0 saturated heterocycles. The van der Waals surface area contributed by atoms with Crippen LogP contribution in [0.1, 0.15) is 36.8 Å². The highest BCUT2D eigenvalue weighted by molar-refractivity contribution is 14.1. The maximum absolute atomic E-state index is 12.0. The first-order chi connectivity index (χ1) is 8.86. The molecule has 2 aromatic rings. The standard InChI is InChI=1S/C14H15IN2O2/c1-14(2,3)11-8-12(19-17-11)16-13(18)9-4-6-10(15)7-5-9/h4-8H,1-3H3,(H,16,18). The van der Waals surface area contributed by atoms with Crippen molar-refractivity contribution in [3.8, 4) is 0 Å². The highest BCUT2D eigenvalue weighted by atomic mass is 127. The van der Waals surface area contributed by atoms with Crippen molar-refractivity contribution < 1.29 is 9.32 Å². The minimum absolute atomic E-state index is 0.102. The summed E-state index contributed by atoms with van der Waals surface area (Å²) in [5, 5.41) is 6.66. The lowest BCUT2D eigenvalue weighted by Gasteiger charge is -2.12. The van der Waals surface area contributed by atoms with Gasteiger partial charge >= 0.3 is 0 Å². The molecule has 1 N–H and O–H groups in total. The zero-order chi connectivity index (χ0) is 14.0. The van der Waals surface area contributed by atoms with Gasteiger partial charge in [0.15, 0.2) is 0 Å². The Morgan fingerprint density at radius 3 is 2.42 bits per heavy atom. The van der Waals surface area contributed by atoms with E-state index in [9.17, 15) is 4.79 Å². The van der Waals surface area contributed by atoms with E-state index < -0.39 is 0 Å². The number of anilines is 1. The smallest absolute Gasteiger partial charge is 0.258 e. The molecule has 0 radical (unpaired) electrons. The van der Waals surface area contributed by atoms with Crippen molar-refractivity contribution >= 4 is 34.4 Å². The highest BCUT2D eigenvalue weighted by Crippen LogP contribution is 2.23. The monoisotopic (exact) mass is 370 g/mol. The summed E-state index contributed by atoms with van der Waals surface area (Å²) in [4.78, 5) is 12.0. The molecule has 0 bridgehead atoms. The van der Waals surface area contributed by atoms with Gasteiger partial charge in [-0.05, 0) is 46.9 Å². The van der Waals surface area contributed by atoms with Crippen molar-refractivity contribution in [2.75, 3.05) is 5.32 Å². The molecule has 19 heavy (non-hydrogen) atoms. The van der Waals surface area contributed by atoms with Crippen LogP contribution in [0.15, 0.2) is 34.9 Å². The van der Waals surface area contributed by atoms with E-state index in [-0.39, 0.29) is 11.3 Å². The summed E-state index contributed by atoms with van der Waals surface area (Å²) in [6, 6.07) is 9.08. The lowest BCUT2D eigenvalue weighted by atomic mass is 9.92. The minimum Gasteiger partial charge on any atom is -0.338 e. The molecular formula is C14H15IN2O2. The molecule has 5 heteroatoms. The predicted molar refractivity (Wildman–Crippen MR) is 82.3 cm³/mol. The van der Waals surface area contributed by atoms with Crippen LogP contribution in [0.2, 0.25) is 0 Å². The van der Waals surface area contributed by atoms with Gasteiger partial charge in [-0.1, -0.05) is 25.9 Å². The molecule has 0 saturated carbocycles. The normalized spacial score (nSPS) is 11.4. The average molecular weight is 370 g/mol. The number of amides is 1. The quantitative estimate of drug-likeness (QED) is 0.818. The van der Waals surface area contributed by atoms with Gasteiger partial charge in [0.05, 0.1) is 5.69 Å². The van der Waals surface area contributed by atoms with Gasteiger partial charge in [-0.25, -0.2) is 0 Å². The van der Waals surface area contributed by atoms with Crippen LogP contribution in [-0.2, 0) is 5.41 Å². The fourth-order valence-electron chi connectivity index (χ4n) is 1.47. The Bertz CT molecular complexity index is 582. The van der Waals surface area contributed by atoms with Crippen molar-refractivity contribution in [2.45, 2.75) is 26.2 Å². The second-order valence-corrected chi connectivity index (χ2v) is 6.53. The summed E-state index contributed by atoms with van der Waals surface area (Å²) in [6.45, 7) is 6.11. The number of hydrogen-bond acceptors (Lipinski definition) is 3. The number of benzene rings is 1. The number of carbonyl (C=O) groups excluding carboxylic acids is 1. The molecule has 0 unspecified atom stereocenters. The van der Waals surface area contributed by atoms with E-state index in [0.717, 1.165) is 9.26 Å². The topological polar surface area (TPSA) is 55.1 Å². The summed E-state index contributed by atoms with van der Waals surface area (Å²) < 4.78 is 6.21. The molecule has 100 valence electrons. The number of rotatable bonds is 2. The van der Waals surface area contributed by atoms with Crippen molar-refractivity contribution in [3.63, 3.8) is 0 Å². The lowest BCUT2D eigenvalue weighted by Crippen LogP contribution is -2.12. The molecule has 0 aliphatic carbocycles. The van der Waals surface area contributed by atoms with Crippen LogP contribution >= 0.6 is 22.6 Å². The fraction of sp³-hybridized carbons (Fsp3) is 0.286. The first-order valence-electron chi connectivity index (χ1n) is 5.90. The number of carbonyl (C=O) groups is 1. The summed E-state index contributed by atoms with van der Waals surface area (Å²) >= 11 is 2.20. The molecule has 1 amide bonds. The Morgan fingerprint density at radius 1 is 1.26 bits per heavy atom. The van der Waals surface area contributed by atoms with Crippen LogP contribution in [-0.4, -0.2) is 11.1 Å².